The largest absolute Gasteiger partial charge is 0.461 e. The maximum absolute atomic E-state index is 12.1. The molecule has 0 saturated carbocycles. The molecule has 6 nitrogen and oxygen atoms in total. The van der Waals surface area contributed by atoms with Crippen LogP contribution < -0.4 is 5.32 Å². The van der Waals surface area contributed by atoms with E-state index in [0.29, 0.717) is 32.1 Å². The van der Waals surface area contributed by atoms with Gasteiger partial charge in [-0.15, -0.1) is 0 Å². The molecule has 1 heterocycles. The van der Waals surface area contributed by atoms with Gasteiger partial charge in [0.05, 0.1) is 6.61 Å². The van der Waals surface area contributed by atoms with Gasteiger partial charge in [0.1, 0.15) is 6.61 Å². The van der Waals surface area contributed by atoms with E-state index in [1.54, 1.807) is 0 Å². The third-order valence-corrected chi connectivity index (χ3v) is 5.62. The molecule has 0 aromatic heterocycles. The van der Waals surface area contributed by atoms with Gasteiger partial charge in [-0.3, -0.25) is 4.79 Å². The number of hydrogen-bond acceptors (Lipinski definition) is 5. The molecular formula is C24H38N2O4. The number of nitrogens with zero attached hydrogens (tertiary/aromatic N) is 1. The van der Waals surface area contributed by atoms with Crippen molar-refractivity contribution in [3.63, 3.8) is 0 Å². The van der Waals surface area contributed by atoms with Crippen molar-refractivity contribution in [3.05, 3.63) is 35.9 Å². The normalized spacial score (nSPS) is 15.0. The number of ether oxygens (including phenoxy) is 2. The number of nitrogens with one attached hydrogen (secondary N) is 1. The van der Waals surface area contributed by atoms with Gasteiger partial charge in [-0.1, -0.05) is 56.5 Å². The van der Waals surface area contributed by atoms with Gasteiger partial charge in [0.2, 0.25) is 0 Å². The lowest BCUT2D eigenvalue weighted by molar-refractivity contribution is -0.145. The summed E-state index contributed by atoms with van der Waals surface area (Å²) >= 11 is 0. The summed E-state index contributed by atoms with van der Waals surface area (Å²) in [7, 11) is 0. The molecule has 0 aliphatic carbocycles. The number of carbonyl (C=O) groups is 2. The van der Waals surface area contributed by atoms with Crippen LogP contribution in [0.1, 0.15) is 63.9 Å². The van der Waals surface area contributed by atoms with Crippen LogP contribution in [-0.4, -0.2) is 49.7 Å². The standard InChI is InChI=1S/C24H38N2O4/c1-2-3-9-21(12-13-23(27)30-20-22-10-5-4-6-11-22)14-19-29-24(28)25-15-18-26-16-7-8-17-26/h4-6,10-11,21H,2-3,7-9,12-20H2,1H3,(H,25,28). The number of carbonyl (C=O) groups excluding carboxylic acids is 2. The zero-order valence-electron chi connectivity index (χ0n) is 18.4. The lowest BCUT2D eigenvalue weighted by Gasteiger charge is -2.17. The fourth-order valence-corrected chi connectivity index (χ4v) is 3.75. The third-order valence-electron chi connectivity index (χ3n) is 5.62. The van der Waals surface area contributed by atoms with Gasteiger partial charge in [0, 0.05) is 19.5 Å². The van der Waals surface area contributed by atoms with Crippen molar-refractivity contribution in [3.8, 4) is 0 Å². The fourth-order valence-electron chi connectivity index (χ4n) is 3.75. The van der Waals surface area contributed by atoms with Crippen molar-refractivity contribution < 1.29 is 19.1 Å². The number of alkyl carbamates (subject to hydrolysis) is 1. The van der Waals surface area contributed by atoms with Crippen LogP contribution in [0.3, 0.4) is 0 Å². The van der Waals surface area contributed by atoms with E-state index in [2.05, 4.69) is 17.1 Å². The van der Waals surface area contributed by atoms with Gasteiger partial charge in [0.25, 0.3) is 0 Å². The summed E-state index contributed by atoms with van der Waals surface area (Å²) in [5, 5.41) is 2.83. The molecule has 0 bridgehead atoms. The molecule has 2 rings (SSSR count). The summed E-state index contributed by atoms with van der Waals surface area (Å²) < 4.78 is 10.7. The van der Waals surface area contributed by atoms with E-state index in [0.717, 1.165) is 57.3 Å². The first-order valence-electron chi connectivity index (χ1n) is 11.5. The van der Waals surface area contributed by atoms with Crippen molar-refractivity contribution >= 4 is 12.1 Å². The smallest absolute Gasteiger partial charge is 0.407 e. The number of hydrogen-bond donors (Lipinski definition) is 1. The average molecular weight is 419 g/mol. The lowest BCUT2D eigenvalue weighted by atomic mass is 9.94. The molecule has 30 heavy (non-hydrogen) atoms. The Morgan fingerprint density at radius 1 is 1.07 bits per heavy atom. The highest BCUT2D eigenvalue weighted by Gasteiger charge is 2.14. The van der Waals surface area contributed by atoms with E-state index in [4.69, 9.17) is 9.47 Å². The third kappa shape index (κ3) is 10.6. The quantitative estimate of drug-likeness (QED) is 0.450. The first-order chi connectivity index (χ1) is 14.7. The highest BCUT2D eigenvalue weighted by atomic mass is 16.5. The molecule has 1 aliphatic heterocycles. The predicted molar refractivity (Wildman–Crippen MR) is 118 cm³/mol. The van der Waals surface area contributed by atoms with Crippen LogP contribution in [-0.2, 0) is 20.9 Å². The highest BCUT2D eigenvalue weighted by molar-refractivity contribution is 5.69. The summed E-state index contributed by atoms with van der Waals surface area (Å²) in [6.07, 6.45) is 7.40. The summed E-state index contributed by atoms with van der Waals surface area (Å²) in [5.74, 6) is 0.201. The van der Waals surface area contributed by atoms with Crippen LogP contribution in [0.2, 0.25) is 0 Å². The minimum absolute atomic E-state index is 0.166. The molecule has 1 N–H and O–H groups in total. The molecule has 1 fully saturated rings. The minimum atomic E-state index is -0.342. The molecule has 168 valence electrons. The maximum atomic E-state index is 12.1. The number of benzene rings is 1. The van der Waals surface area contributed by atoms with Gasteiger partial charge < -0.3 is 19.7 Å². The van der Waals surface area contributed by atoms with E-state index in [1.165, 1.54) is 12.8 Å². The Balaban J connectivity index is 1.58. The highest BCUT2D eigenvalue weighted by Crippen LogP contribution is 2.19. The molecule has 1 atom stereocenters. The number of amides is 1. The van der Waals surface area contributed by atoms with Crippen LogP contribution >= 0.6 is 0 Å². The summed E-state index contributed by atoms with van der Waals surface area (Å²) in [6, 6.07) is 9.72. The van der Waals surface area contributed by atoms with E-state index >= 15 is 0 Å². The fraction of sp³-hybridized carbons (Fsp3) is 0.667. The first kappa shape index (κ1) is 24.2. The van der Waals surface area contributed by atoms with E-state index in [-0.39, 0.29) is 12.1 Å². The van der Waals surface area contributed by atoms with Gasteiger partial charge in [-0.25, -0.2) is 4.79 Å². The zero-order chi connectivity index (χ0) is 21.4. The molecule has 0 radical (unpaired) electrons. The Labute approximate surface area is 181 Å². The average Bonchev–Trinajstić information content (AvgIpc) is 3.28. The van der Waals surface area contributed by atoms with Crippen LogP contribution in [0.5, 0.6) is 0 Å². The molecule has 1 aromatic carbocycles. The molecular weight excluding hydrogens is 380 g/mol. The van der Waals surface area contributed by atoms with Crippen molar-refractivity contribution in [2.24, 2.45) is 5.92 Å². The van der Waals surface area contributed by atoms with Gasteiger partial charge in [-0.05, 0) is 50.3 Å². The van der Waals surface area contributed by atoms with Gasteiger partial charge in [-0.2, -0.15) is 0 Å². The Bertz CT molecular complexity index is 602. The predicted octanol–water partition coefficient (Wildman–Crippen LogP) is 4.53. The Hall–Kier alpha value is -2.08. The lowest BCUT2D eigenvalue weighted by Crippen LogP contribution is -2.34. The molecule has 0 spiro atoms. The van der Waals surface area contributed by atoms with Crippen LogP contribution in [0, 0.1) is 5.92 Å². The van der Waals surface area contributed by atoms with Crippen LogP contribution in [0.25, 0.3) is 0 Å². The second-order valence-corrected chi connectivity index (χ2v) is 8.09. The molecule has 1 aromatic rings. The number of esters is 1. The number of rotatable bonds is 14. The second kappa shape index (κ2) is 14.8. The van der Waals surface area contributed by atoms with Crippen molar-refractivity contribution in [1.29, 1.82) is 0 Å². The molecule has 1 unspecified atom stereocenters. The Kier molecular flexibility index (Phi) is 12.0. The van der Waals surface area contributed by atoms with E-state index in [9.17, 15) is 9.59 Å². The minimum Gasteiger partial charge on any atom is -0.461 e. The first-order valence-corrected chi connectivity index (χ1v) is 11.5. The maximum Gasteiger partial charge on any atom is 0.407 e. The van der Waals surface area contributed by atoms with Crippen LogP contribution in [0.15, 0.2) is 30.3 Å². The number of likely N-dealkylation sites (tertiary alicyclic amines) is 1. The van der Waals surface area contributed by atoms with Gasteiger partial charge in [0.15, 0.2) is 0 Å². The Morgan fingerprint density at radius 2 is 1.83 bits per heavy atom. The van der Waals surface area contributed by atoms with E-state index in [1.807, 2.05) is 30.3 Å². The summed E-state index contributed by atoms with van der Waals surface area (Å²) in [6.45, 7) is 6.65. The molecule has 1 aliphatic rings. The molecule has 1 saturated heterocycles. The zero-order valence-corrected chi connectivity index (χ0v) is 18.4. The summed E-state index contributed by atoms with van der Waals surface area (Å²) in [4.78, 5) is 26.3. The topological polar surface area (TPSA) is 67.9 Å². The SMILES string of the molecule is CCCCC(CCOC(=O)NCCN1CCCC1)CCC(=O)OCc1ccccc1. The van der Waals surface area contributed by atoms with E-state index < -0.39 is 0 Å². The number of unbranched alkanes of at least 4 members (excludes halogenated alkanes) is 1. The molecule has 1 amide bonds. The van der Waals surface area contributed by atoms with Crippen molar-refractivity contribution in [2.45, 2.75) is 64.9 Å². The molecule has 6 heteroatoms. The monoisotopic (exact) mass is 418 g/mol. The van der Waals surface area contributed by atoms with Crippen molar-refractivity contribution in [2.75, 3.05) is 32.8 Å². The van der Waals surface area contributed by atoms with Gasteiger partial charge >= 0.3 is 12.1 Å². The summed E-state index contributed by atoms with van der Waals surface area (Å²) in [5.41, 5.74) is 0.998. The Morgan fingerprint density at radius 3 is 2.57 bits per heavy atom. The van der Waals surface area contributed by atoms with Crippen LogP contribution in [0.4, 0.5) is 4.79 Å². The van der Waals surface area contributed by atoms with Crippen molar-refractivity contribution in [1.82, 2.24) is 10.2 Å². The second-order valence-electron chi connectivity index (χ2n) is 8.09.